The van der Waals surface area contributed by atoms with Crippen molar-refractivity contribution in [1.29, 1.82) is 0 Å². The molecule has 0 bridgehead atoms. The maximum atomic E-state index is 13.1. The van der Waals surface area contributed by atoms with Gasteiger partial charge >= 0.3 is 0 Å². The van der Waals surface area contributed by atoms with E-state index >= 15 is 0 Å². The Hall–Kier alpha value is -1.83. The largest absolute Gasteiger partial charge is 0.378 e. The van der Waals surface area contributed by atoms with E-state index in [4.69, 9.17) is 0 Å². The van der Waals surface area contributed by atoms with E-state index in [1.165, 1.54) is 17.2 Å². The van der Waals surface area contributed by atoms with Gasteiger partial charge in [-0.2, -0.15) is 0 Å². The third-order valence-electron chi connectivity index (χ3n) is 3.72. The van der Waals surface area contributed by atoms with Gasteiger partial charge in [0.05, 0.1) is 6.04 Å². The summed E-state index contributed by atoms with van der Waals surface area (Å²) in [6, 6.07) is 13.8. The summed E-state index contributed by atoms with van der Waals surface area (Å²) in [7, 11) is 0. The van der Waals surface area contributed by atoms with Crippen LogP contribution in [0.2, 0.25) is 0 Å². The van der Waals surface area contributed by atoms with Crippen LogP contribution < -0.4 is 5.32 Å². The van der Waals surface area contributed by atoms with Crippen molar-refractivity contribution in [3.8, 4) is 0 Å². The van der Waals surface area contributed by atoms with Crippen molar-refractivity contribution in [2.75, 3.05) is 5.32 Å². The number of halogens is 1. The molecule has 0 aliphatic heterocycles. The van der Waals surface area contributed by atoms with Gasteiger partial charge in [-0.15, -0.1) is 0 Å². The molecule has 2 heteroatoms. The second-order valence-electron chi connectivity index (χ2n) is 5.16. The van der Waals surface area contributed by atoms with E-state index in [1.54, 1.807) is 6.07 Å². The fraction of sp³-hybridized carbons (Fsp3) is 0.333. The molecule has 106 valence electrons. The number of aryl methyl sites for hydroxylation is 2. The molecule has 1 N–H and O–H groups in total. The smallest absolute Gasteiger partial charge is 0.123 e. The Morgan fingerprint density at radius 1 is 1.05 bits per heavy atom. The fourth-order valence-corrected chi connectivity index (χ4v) is 2.38. The molecule has 20 heavy (non-hydrogen) atoms. The third kappa shape index (κ3) is 3.38. The molecule has 2 rings (SSSR count). The number of hydrogen-bond donors (Lipinski definition) is 1. The second-order valence-corrected chi connectivity index (χ2v) is 5.16. The van der Waals surface area contributed by atoms with Crippen molar-refractivity contribution >= 4 is 5.69 Å². The molecule has 0 heterocycles. The Balaban J connectivity index is 2.19. The lowest BCUT2D eigenvalue weighted by molar-refractivity contribution is 0.626. The van der Waals surface area contributed by atoms with Crippen LogP contribution in [0.1, 0.15) is 43.0 Å². The van der Waals surface area contributed by atoms with Gasteiger partial charge in [-0.05, 0) is 54.7 Å². The highest BCUT2D eigenvalue weighted by molar-refractivity contribution is 5.52. The highest BCUT2D eigenvalue weighted by atomic mass is 19.1. The summed E-state index contributed by atoms with van der Waals surface area (Å²) < 4.78 is 13.1. The minimum Gasteiger partial charge on any atom is -0.378 e. The molecule has 2 aromatic rings. The number of benzene rings is 2. The molecule has 1 unspecified atom stereocenters. The van der Waals surface area contributed by atoms with Crippen molar-refractivity contribution in [1.82, 2.24) is 0 Å². The summed E-state index contributed by atoms with van der Waals surface area (Å²) in [5.41, 5.74) is 4.56. The summed E-state index contributed by atoms with van der Waals surface area (Å²) in [6.07, 6.45) is 2.05. The van der Waals surface area contributed by atoms with Gasteiger partial charge in [0.2, 0.25) is 0 Å². The fourth-order valence-electron chi connectivity index (χ4n) is 2.38. The number of anilines is 1. The Kier molecular flexibility index (Phi) is 4.78. The van der Waals surface area contributed by atoms with Gasteiger partial charge in [-0.25, -0.2) is 4.39 Å². The Morgan fingerprint density at radius 3 is 2.30 bits per heavy atom. The minimum absolute atomic E-state index is 0.187. The lowest BCUT2D eigenvalue weighted by Crippen LogP contribution is -2.10. The van der Waals surface area contributed by atoms with E-state index in [2.05, 4.69) is 43.4 Å². The molecule has 0 aliphatic rings. The molecule has 1 nitrogen and oxygen atoms in total. The second kappa shape index (κ2) is 6.56. The van der Waals surface area contributed by atoms with Crippen molar-refractivity contribution < 1.29 is 4.39 Å². The van der Waals surface area contributed by atoms with E-state index < -0.39 is 0 Å². The predicted molar refractivity (Wildman–Crippen MR) is 83.6 cm³/mol. The molecule has 0 saturated carbocycles. The summed E-state index contributed by atoms with van der Waals surface area (Å²) >= 11 is 0. The van der Waals surface area contributed by atoms with Gasteiger partial charge in [0.25, 0.3) is 0 Å². The average molecular weight is 271 g/mol. The van der Waals surface area contributed by atoms with Gasteiger partial charge in [0.15, 0.2) is 0 Å². The first-order valence-electron chi connectivity index (χ1n) is 7.25. The van der Waals surface area contributed by atoms with E-state index in [9.17, 15) is 4.39 Å². The van der Waals surface area contributed by atoms with E-state index in [-0.39, 0.29) is 11.9 Å². The number of hydrogen-bond acceptors (Lipinski definition) is 1. The maximum Gasteiger partial charge on any atom is 0.123 e. The van der Waals surface area contributed by atoms with Crippen LogP contribution in [-0.4, -0.2) is 0 Å². The van der Waals surface area contributed by atoms with Crippen LogP contribution in [0.4, 0.5) is 10.1 Å². The Bertz CT molecular complexity index is 560. The number of nitrogens with one attached hydrogen (secondary N) is 1. The van der Waals surface area contributed by atoms with Gasteiger partial charge in [-0.3, -0.25) is 0 Å². The highest BCUT2D eigenvalue weighted by Crippen LogP contribution is 2.25. The zero-order chi connectivity index (χ0) is 14.5. The molecular weight excluding hydrogens is 249 g/mol. The predicted octanol–water partition coefficient (Wildman–Crippen LogP) is 5.26. The summed E-state index contributed by atoms with van der Waals surface area (Å²) in [5.74, 6) is -0.187. The minimum atomic E-state index is -0.187. The Morgan fingerprint density at radius 2 is 1.75 bits per heavy atom. The highest BCUT2D eigenvalue weighted by Gasteiger charge is 2.10. The van der Waals surface area contributed by atoms with E-state index in [1.807, 2.05) is 13.0 Å². The monoisotopic (exact) mass is 271 g/mol. The maximum absolute atomic E-state index is 13.1. The summed E-state index contributed by atoms with van der Waals surface area (Å²) in [4.78, 5) is 0. The molecular formula is C18H22FN. The molecule has 0 aliphatic carbocycles. The van der Waals surface area contributed by atoms with Gasteiger partial charge in [0, 0.05) is 5.69 Å². The van der Waals surface area contributed by atoms with Crippen LogP contribution in [0.15, 0.2) is 42.5 Å². The molecule has 0 saturated heterocycles. The third-order valence-corrected chi connectivity index (χ3v) is 3.72. The zero-order valence-electron chi connectivity index (χ0n) is 12.4. The first-order chi connectivity index (χ1) is 9.63. The molecule has 0 amide bonds. The van der Waals surface area contributed by atoms with Crippen molar-refractivity contribution in [3.63, 3.8) is 0 Å². The quantitative estimate of drug-likeness (QED) is 0.782. The lowest BCUT2D eigenvalue weighted by Gasteiger charge is -2.20. The Labute approximate surface area is 120 Å². The van der Waals surface area contributed by atoms with E-state index in [0.29, 0.717) is 0 Å². The topological polar surface area (TPSA) is 12.0 Å². The van der Waals surface area contributed by atoms with E-state index in [0.717, 1.165) is 24.1 Å². The van der Waals surface area contributed by atoms with Crippen molar-refractivity contribution in [2.24, 2.45) is 0 Å². The van der Waals surface area contributed by atoms with Crippen molar-refractivity contribution in [2.45, 2.75) is 39.7 Å². The average Bonchev–Trinajstić information content (AvgIpc) is 2.47. The first kappa shape index (κ1) is 14.6. The first-order valence-corrected chi connectivity index (χ1v) is 7.25. The van der Waals surface area contributed by atoms with Gasteiger partial charge in [0.1, 0.15) is 5.82 Å². The number of rotatable bonds is 5. The zero-order valence-corrected chi connectivity index (χ0v) is 12.4. The molecule has 2 aromatic carbocycles. The van der Waals surface area contributed by atoms with Crippen LogP contribution in [-0.2, 0) is 6.42 Å². The van der Waals surface area contributed by atoms with Gasteiger partial charge in [-0.1, -0.05) is 38.1 Å². The van der Waals surface area contributed by atoms with Crippen LogP contribution in [0, 0.1) is 12.7 Å². The van der Waals surface area contributed by atoms with Crippen LogP contribution in [0.5, 0.6) is 0 Å². The molecule has 0 spiro atoms. The van der Waals surface area contributed by atoms with Gasteiger partial charge < -0.3 is 5.32 Å². The molecule has 0 radical (unpaired) electrons. The normalized spacial score (nSPS) is 12.2. The SMILES string of the molecule is CCc1ccc(C(CC)Nc2ccc(F)cc2C)cc1. The van der Waals surface area contributed by atoms with Crippen LogP contribution >= 0.6 is 0 Å². The van der Waals surface area contributed by atoms with Crippen molar-refractivity contribution in [3.05, 3.63) is 65.0 Å². The summed E-state index contributed by atoms with van der Waals surface area (Å²) in [5, 5.41) is 3.51. The van der Waals surface area contributed by atoms with Crippen LogP contribution in [0.25, 0.3) is 0 Å². The van der Waals surface area contributed by atoms with Crippen LogP contribution in [0.3, 0.4) is 0 Å². The lowest BCUT2D eigenvalue weighted by atomic mass is 10.0. The molecule has 1 atom stereocenters. The molecule has 0 fully saturated rings. The standard InChI is InChI=1S/C18H22FN/c1-4-14-6-8-15(9-7-14)17(5-2)20-18-11-10-16(19)12-13(18)3/h6-12,17,20H,4-5H2,1-3H3. The molecule has 0 aromatic heterocycles. The summed E-state index contributed by atoms with van der Waals surface area (Å²) in [6.45, 7) is 6.25.